The molecule has 45 heavy (non-hydrogen) atoms. The lowest BCUT2D eigenvalue weighted by atomic mass is 9.72. The number of benzene rings is 2. The predicted molar refractivity (Wildman–Crippen MR) is 164 cm³/mol. The van der Waals surface area contributed by atoms with Crippen LogP contribution in [0.1, 0.15) is 84.6 Å². The van der Waals surface area contributed by atoms with Crippen molar-refractivity contribution in [2.45, 2.75) is 72.2 Å². The largest absolute Gasteiger partial charge is 0.496 e. The summed E-state index contributed by atoms with van der Waals surface area (Å²) < 4.78 is 52.2. The van der Waals surface area contributed by atoms with E-state index in [1.165, 1.54) is 6.07 Å². The molecule has 0 saturated carbocycles. The Morgan fingerprint density at radius 3 is 2.49 bits per heavy atom. The van der Waals surface area contributed by atoms with E-state index in [4.69, 9.17) is 9.47 Å². The fraction of sp³-hybridized carbons (Fsp3) is 0.400. The second-order valence-electron chi connectivity index (χ2n) is 12.8. The highest BCUT2D eigenvalue weighted by Gasteiger charge is 2.42. The van der Waals surface area contributed by atoms with Crippen LogP contribution in [0.5, 0.6) is 5.75 Å². The molecule has 1 fully saturated rings. The number of alkyl halides is 3. The number of methoxy groups -OCH3 is 1. The number of aromatic carboxylic acids is 1. The summed E-state index contributed by atoms with van der Waals surface area (Å²) >= 11 is 0. The molecule has 3 aromatic rings. The Labute approximate surface area is 260 Å². The summed E-state index contributed by atoms with van der Waals surface area (Å²) in [5.74, 6) is -0.437. The molecule has 1 aromatic heterocycles. The second-order valence-corrected chi connectivity index (χ2v) is 12.8. The van der Waals surface area contributed by atoms with Crippen molar-refractivity contribution in [3.63, 3.8) is 0 Å². The second kappa shape index (κ2) is 11.9. The molecular formula is C35H37F3N2O5. The first-order valence-electron chi connectivity index (χ1n) is 14.8. The molecule has 238 valence electrons. The lowest BCUT2D eigenvalue weighted by Crippen LogP contribution is -2.35. The summed E-state index contributed by atoms with van der Waals surface area (Å²) in [6, 6.07) is 12.3. The maximum absolute atomic E-state index is 13.6. The lowest BCUT2D eigenvalue weighted by Gasteiger charge is -2.36. The third-order valence-corrected chi connectivity index (χ3v) is 8.82. The van der Waals surface area contributed by atoms with Gasteiger partial charge in [-0.05, 0) is 98.1 Å². The van der Waals surface area contributed by atoms with Crippen LogP contribution in [0.3, 0.4) is 0 Å². The fourth-order valence-electron chi connectivity index (χ4n) is 6.49. The van der Waals surface area contributed by atoms with Crippen molar-refractivity contribution in [2.24, 2.45) is 5.41 Å². The van der Waals surface area contributed by atoms with Gasteiger partial charge in [-0.25, -0.2) is 14.6 Å². The highest BCUT2D eigenvalue weighted by Crippen LogP contribution is 2.47. The van der Waals surface area contributed by atoms with Gasteiger partial charge in [0.1, 0.15) is 17.5 Å². The van der Waals surface area contributed by atoms with Crippen LogP contribution in [0.2, 0.25) is 0 Å². The van der Waals surface area contributed by atoms with Crippen LogP contribution < -0.4 is 4.74 Å². The Balaban J connectivity index is 1.54. The maximum Gasteiger partial charge on any atom is 0.416 e. The normalized spacial score (nSPS) is 19.9. The van der Waals surface area contributed by atoms with Crippen LogP contribution in [0, 0.1) is 19.3 Å². The van der Waals surface area contributed by atoms with Crippen molar-refractivity contribution in [3.8, 4) is 16.9 Å². The van der Waals surface area contributed by atoms with E-state index in [-0.39, 0.29) is 17.7 Å². The fourth-order valence-corrected chi connectivity index (χ4v) is 6.49. The molecule has 1 aliphatic carbocycles. The lowest BCUT2D eigenvalue weighted by molar-refractivity contribution is -0.137. The van der Waals surface area contributed by atoms with E-state index < -0.39 is 35.9 Å². The molecule has 1 saturated heterocycles. The van der Waals surface area contributed by atoms with Crippen molar-refractivity contribution in [1.29, 1.82) is 0 Å². The van der Waals surface area contributed by atoms with Crippen molar-refractivity contribution < 1.29 is 37.3 Å². The van der Waals surface area contributed by atoms with Gasteiger partial charge in [0.15, 0.2) is 0 Å². The molecule has 1 N–H and O–H groups in total. The number of aryl methyl sites for hydroxylation is 2. The number of carbonyl (C=O) groups excluding carboxylic acids is 1. The summed E-state index contributed by atoms with van der Waals surface area (Å²) in [5, 5.41) is 9.35. The van der Waals surface area contributed by atoms with Gasteiger partial charge in [0.05, 0.1) is 18.7 Å². The third kappa shape index (κ3) is 6.55. The van der Waals surface area contributed by atoms with Crippen molar-refractivity contribution in [1.82, 2.24) is 9.88 Å². The minimum Gasteiger partial charge on any atom is -0.496 e. The van der Waals surface area contributed by atoms with Crippen LogP contribution in [0.15, 0.2) is 54.1 Å². The van der Waals surface area contributed by atoms with Gasteiger partial charge in [-0.2, -0.15) is 13.2 Å². The van der Waals surface area contributed by atoms with E-state index in [1.54, 1.807) is 44.9 Å². The minimum absolute atomic E-state index is 0.0327. The Kier molecular flexibility index (Phi) is 8.46. The molecule has 0 radical (unpaired) electrons. The van der Waals surface area contributed by atoms with Gasteiger partial charge < -0.3 is 14.6 Å². The number of amides is 1. The van der Waals surface area contributed by atoms with Crippen LogP contribution in [0.25, 0.3) is 16.7 Å². The summed E-state index contributed by atoms with van der Waals surface area (Å²) in [7, 11) is 1.60. The van der Waals surface area contributed by atoms with Gasteiger partial charge in [0.2, 0.25) is 0 Å². The van der Waals surface area contributed by atoms with Crippen LogP contribution >= 0.6 is 0 Å². The molecule has 2 aliphatic rings. The first-order chi connectivity index (χ1) is 21.1. The molecule has 7 nitrogen and oxygen atoms in total. The highest BCUT2D eigenvalue weighted by atomic mass is 19.4. The molecule has 2 heterocycles. The number of carbonyl (C=O) groups is 2. The van der Waals surface area contributed by atoms with Gasteiger partial charge in [-0.3, -0.25) is 4.90 Å². The van der Waals surface area contributed by atoms with E-state index in [0.717, 1.165) is 52.8 Å². The number of hydrogen-bond acceptors (Lipinski definition) is 5. The molecule has 0 unspecified atom stereocenters. The zero-order valence-electron chi connectivity index (χ0n) is 26.2. The van der Waals surface area contributed by atoms with E-state index in [9.17, 15) is 27.9 Å². The topological polar surface area (TPSA) is 89.0 Å². The van der Waals surface area contributed by atoms with Crippen LogP contribution in [-0.4, -0.2) is 46.7 Å². The maximum atomic E-state index is 13.6. The monoisotopic (exact) mass is 622 g/mol. The van der Waals surface area contributed by atoms with Crippen LogP contribution in [0.4, 0.5) is 18.0 Å². The minimum atomic E-state index is -4.51. The number of hydrogen-bond donors (Lipinski definition) is 1. The Hall–Kier alpha value is -4.34. The Morgan fingerprint density at radius 2 is 1.84 bits per heavy atom. The van der Waals surface area contributed by atoms with E-state index in [1.807, 2.05) is 18.2 Å². The Morgan fingerprint density at radius 1 is 1.11 bits per heavy atom. The summed E-state index contributed by atoms with van der Waals surface area (Å²) in [6.45, 7) is 9.78. The average molecular weight is 623 g/mol. The summed E-state index contributed by atoms with van der Waals surface area (Å²) in [4.78, 5) is 30.5. The molecular weight excluding hydrogens is 585 g/mol. The number of allylic oxidation sites excluding steroid dienone is 1. The van der Waals surface area contributed by atoms with Gasteiger partial charge in [0.25, 0.3) is 0 Å². The zero-order valence-corrected chi connectivity index (χ0v) is 26.2. The van der Waals surface area contributed by atoms with Gasteiger partial charge in [0, 0.05) is 23.4 Å². The number of aromatic nitrogens is 1. The molecule has 2 atom stereocenters. The smallest absolute Gasteiger partial charge is 0.416 e. The number of pyridine rings is 1. The molecule has 2 aromatic carbocycles. The molecule has 1 amide bonds. The zero-order chi connectivity index (χ0) is 32.8. The first-order valence-corrected chi connectivity index (χ1v) is 14.8. The van der Waals surface area contributed by atoms with Crippen molar-refractivity contribution >= 4 is 17.6 Å². The molecule has 0 bridgehead atoms. The number of nitrogens with zero attached hydrogens (tertiary/aromatic N) is 2. The van der Waals surface area contributed by atoms with E-state index >= 15 is 0 Å². The van der Waals surface area contributed by atoms with Gasteiger partial charge in [-0.1, -0.05) is 37.6 Å². The standard InChI is InChI=1S/C35H37F3N2O5/c1-19-13-23(15-25(14-19)35(36,37)38)31-21(3)40(33(43)45-31)18-24-17-34(4,5)12-11-27(24)28-16-22(7-10-30(28)44-6)26-8-9-29(32(41)42)39-20(26)2/h7-10,13-16,21,31H,11-12,17-18H2,1-6H3,(H,41,42)/t21-,31-/m0/s1. The summed E-state index contributed by atoms with van der Waals surface area (Å²) in [5.41, 5.74) is 5.07. The molecule has 5 rings (SSSR count). The molecule has 0 spiro atoms. The number of halogens is 3. The Bertz CT molecular complexity index is 1690. The third-order valence-electron chi connectivity index (χ3n) is 8.82. The van der Waals surface area contributed by atoms with E-state index in [2.05, 4.69) is 18.8 Å². The SMILES string of the molecule is COc1ccc(-c2ccc(C(=O)O)nc2C)cc1C1=C(CN2C(=O)O[C@H](c3cc(C)cc(C(F)(F)F)c3)[C@@H]2C)CC(C)(C)CC1. The van der Waals surface area contributed by atoms with E-state index in [0.29, 0.717) is 29.0 Å². The molecule has 10 heteroatoms. The number of ether oxygens (including phenoxy) is 2. The molecule has 1 aliphatic heterocycles. The number of cyclic esters (lactones) is 1. The van der Waals surface area contributed by atoms with Crippen LogP contribution in [-0.2, 0) is 10.9 Å². The predicted octanol–water partition coefficient (Wildman–Crippen LogP) is 8.64. The van der Waals surface area contributed by atoms with Gasteiger partial charge >= 0.3 is 18.2 Å². The average Bonchev–Trinajstić information content (AvgIpc) is 3.24. The van der Waals surface area contributed by atoms with Gasteiger partial charge in [-0.15, -0.1) is 0 Å². The first kappa shape index (κ1) is 32.1. The number of carboxylic acids is 1. The quantitative estimate of drug-likeness (QED) is 0.284. The van der Waals surface area contributed by atoms with Crippen molar-refractivity contribution in [2.75, 3.05) is 13.7 Å². The highest BCUT2D eigenvalue weighted by molar-refractivity contribution is 5.86. The number of rotatable bonds is 7. The summed E-state index contributed by atoms with van der Waals surface area (Å²) in [6.07, 6.45) is -3.60. The van der Waals surface area contributed by atoms with Crippen molar-refractivity contribution in [3.05, 3.63) is 87.7 Å². The number of carboxylic acid groups (broad SMARTS) is 1.